The molecule has 1 aliphatic heterocycles. The summed E-state index contributed by atoms with van der Waals surface area (Å²) in [6.45, 7) is 0.811. The van der Waals surface area contributed by atoms with Crippen LogP contribution in [0.25, 0.3) is 22.1 Å². The number of hydrogen-bond acceptors (Lipinski definition) is 5. The minimum absolute atomic E-state index is 0.00449. The van der Waals surface area contributed by atoms with Gasteiger partial charge in [-0.15, -0.1) is 0 Å². The van der Waals surface area contributed by atoms with Crippen molar-refractivity contribution in [3.63, 3.8) is 0 Å². The first-order chi connectivity index (χ1) is 13.5. The van der Waals surface area contributed by atoms with Crippen LogP contribution in [0.2, 0.25) is 0 Å². The third-order valence-electron chi connectivity index (χ3n) is 5.21. The van der Waals surface area contributed by atoms with Crippen molar-refractivity contribution in [2.24, 2.45) is 0 Å². The normalized spacial score (nSPS) is 18.8. The smallest absolute Gasteiger partial charge is 0.408 e. The predicted molar refractivity (Wildman–Crippen MR) is 104 cm³/mol. The van der Waals surface area contributed by atoms with Crippen molar-refractivity contribution >= 4 is 32.2 Å². The van der Waals surface area contributed by atoms with E-state index in [0.717, 1.165) is 29.7 Å². The second-order valence-electron chi connectivity index (χ2n) is 7.01. The number of fused-ring (bicyclic) bond motifs is 2. The number of nitrogens with one attached hydrogen (secondary N) is 2. The Morgan fingerprint density at radius 3 is 2.82 bits per heavy atom. The summed E-state index contributed by atoms with van der Waals surface area (Å²) in [5.41, 5.74) is 2.54. The maximum absolute atomic E-state index is 13.2. The van der Waals surface area contributed by atoms with Crippen molar-refractivity contribution in [2.75, 3.05) is 13.1 Å². The van der Waals surface area contributed by atoms with Crippen LogP contribution in [0.3, 0.4) is 0 Å². The Morgan fingerprint density at radius 1 is 1.11 bits per heavy atom. The van der Waals surface area contributed by atoms with Gasteiger partial charge in [0.2, 0.25) is 10.0 Å². The largest absolute Gasteiger partial charge is 0.417 e. The van der Waals surface area contributed by atoms with Gasteiger partial charge in [0.15, 0.2) is 5.58 Å². The van der Waals surface area contributed by atoms with Crippen LogP contribution in [-0.2, 0) is 10.0 Å². The Bertz CT molecular complexity index is 1300. The summed E-state index contributed by atoms with van der Waals surface area (Å²) >= 11 is 0. The molecular formula is C19H18N4O4S. The van der Waals surface area contributed by atoms with E-state index in [-0.39, 0.29) is 16.4 Å². The molecule has 1 atom stereocenters. The molecule has 28 heavy (non-hydrogen) atoms. The molecule has 144 valence electrons. The van der Waals surface area contributed by atoms with Crippen LogP contribution < -0.4 is 5.76 Å². The minimum atomic E-state index is -3.70. The lowest BCUT2D eigenvalue weighted by atomic mass is 9.99. The second-order valence-corrected chi connectivity index (χ2v) is 8.95. The third-order valence-corrected chi connectivity index (χ3v) is 7.07. The quantitative estimate of drug-likeness (QED) is 0.551. The molecule has 9 heteroatoms. The molecular weight excluding hydrogens is 380 g/mol. The van der Waals surface area contributed by atoms with Gasteiger partial charge < -0.3 is 9.40 Å². The van der Waals surface area contributed by atoms with Crippen molar-refractivity contribution < 1.29 is 12.8 Å². The average molecular weight is 398 g/mol. The van der Waals surface area contributed by atoms with Gasteiger partial charge in [-0.2, -0.15) is 4.31 Å². The Kier molecular flexibility index (Phi) is 3.88. The number of aromatic nitrogens is 3. The Hall–Kier alpha value is -2.91. The van der Waals surface area contributed by atoms with E-state index in [2.05, 4.69) is 15.0 Å². The molecule has 1 unspecified atom stereocenters. The molecule has 2 aromatic heterocycles. The standard InChI is InChI=1S/C19H18N4O4S/c24-19-22-16-8-7-13(10-17(16)27-19)28(25,26)23-9-3-4-12(11-23)18-20-14-5-1-2-6-15(14)21-18/h1-2,5-8,10,12H,3-4,9,11H2,(H,20,21)(H,22,24). The molecule has 2 N–H and O–H groups in total. The van der Waals surface area contributed by atoms with Crippen LogP contribution in [0.4, 0.5) is 0 Å². The third kappa shape index (κ3) is 2.83. The zero-order valence-corrected chi connectivity index (χ0v) is 15.7. The molecule has 5 rings (SSSR count). The van der Waals surface area contributed by atoms with E-state index in [9.17, 15) is 13.2 Å². The number of nitrogens with zero attached hydrogens (tertiary/aromatic N) is 2. The monoisotopic (exact) mass is 398 g/mol. The Labute approximate surface area is 160 Å². The molecule has 2 aromatic carbocycles. The summed E-state index contributed by atoms with van der Waals surface area (Å²) in [7, 11) is -3.70. The summed E-state index contributed by atoms with van der Waals surface area (Å²) in [6, 6.07) is 12.2. The topological polar surface area (TPSA) is 112 Å². The first-order valence-electron chi connectivity index (χ1n) is 9.08. The van der Waals surface area contributed by atoms with Gasteiger partial charge in [0.1, 0.15) is 5.82 Å². The summed E-state index contributed by atoms with van der Waals surface area (Å²) in [5, 5.41) is 0. The van der Waals surface area contributed by atoms with Gasteiger partial charge in [0.25, 0.3) is 0 Å². The number of benzene rings is 2. The molecule has 0 radical (unpaired) electrons. The highest BCUT2D eigenvalue weighted by Crippen LogP contribution is 2.30. The number of H-pyrrole nitrogens is 2. The Morgan fingerprint density at radius 2 is 1.96 bits per heavy atom. The predicted octanol–water partition coefficient (Wildman–Crippen LogP) is 2.57. The fourth-order valence-corrected chi connectivity index (χ4v) is 5.32. The zero-order chi connectivity index (χ0) is 19.3. The van der Waals surface area contributed by atoms with Crippen LogP contribution in [0.1, 0.15) is 24.6 Å². The average Bonchev–Trinajstić information content (AvgIpc) is 3.29. The molecule has 0 saturated carbocycles. The fourth-order valence-electron chi connectivity index (χ4n) is 3.79. The molecule has 1 fully saturated rings. The lowest BCUT2D eigenvalue weighted by molar-refractivity contribution is 0.310. The number of imidazole rings is 1. The van der Waals surface area contributed by atoms with Gasteiger partial charge in [-0.25, -0.2) is 18.2 Å². The molecule has 0 amide bonds. The van der Waals surface area contributed by atoms with Crippen molar-refractivity contribution in [2.45, 2.75) is 23.7 Å². The molecule has 4 aromatic rings. The number of piperidine rings is 1. The fraction of sp³-hybridized carbons (Fsp3) is 0.263. The lowest BCUT2D eigenvalue weighted by Gasteiger charge is -2.31. The van der Waals surface area contributed by atoms with Crippen LogP contribution in [0, 0.1) is 0 Å². The van der Waals surface area contributed by atoms with E-state index in [1.807, 2.05) is 24.3 Å². The summed E-state index contributed by atoms with van der Waals surface area (Å²) in [4.78, 5) is 21.9. The van der Waals surface area contributed by atoms with Gasteiger partial charge in [0, 0.05) is 25.1 Å². The van der Waals surface area contributed by atoms with Crippen molar-refractivity contribution in [1.82, 2.24) is 19.3 Å². The van der Waals surface area contributed by atoms with Crippen LogP contribution >= 0.6 is 0 Å². The molecule has 1 aliphatic rings. The van der Waals surface area contributed by atoms with Gasteiger partial charge in [-0.05, 0) is 37.1 Å². The molecule has 1 saturated heterocycles. The SMILES string of the molecule is O=c1[nH]c2ccc(S(=O)(=O)N3CCCC(c4nc5ccccc5[nH]4)C3)cc2o1. The number of rotatable bonds is 3. The van der Waals surface area contributed by atoms with E-state index in [0.29, 0.717) is 18.6 Å². The highest BCUT2D eigenvalue weighted by atomic mass is 32.2. The molecule has 3 heterocycles. The van der Waals surface area contributed by atoms with E-state index in [1.165, 1.54) is 16.4 Å². The number of oxazole rings is 1. The van der Waals surface area contributed by atoms with Gasteiger partial charge in [-0.1, -0.05) is 12.1 Å². The van der Waals surface area contributed by atoms with E-state index >= 15 is 0 Å². The molecule has 0 spiro atoms. The Balaban J connectivity index is 1.46. The highest BCUT2D eigenvalue weighted by Gasteiger charge is 2.32. The van der Waals surface area contributed by atoms with Crippen LogP contribution in [-0.4, -0.2) is 40.8 Å². The maximum Gasteiger partial charge on any atom is 0.417 e. The molecule has 8 nitrogen and oxygen atoms in total. The van der Waals surface area contributed by atoms with E-state index < -0.39 is 15.8 Å². The zero-order valence-electron chi connectivity index (χ0n) is 14.9. The van der Waals surface area contributed by atoms with Crippen molar-refractivity contribution in [1.29, 1.82) is 0 Å². The van der Waals surface area contributed by atoms with Gasteiger partial charge in [0.05, 0.1) is 21.4 Å². The van der Waals surface area contributed by atoms with Gasteiger partial charge in [-0.3, -0.25) is 4.98 Å². The summed E-state index contributed by atoms with van der Waals surface area (Å²) in [6.07, 6.45) is 1.62. The number of hydrogen-bond donors (Lipinski definition) is 2. The number of sulfonamides is 1. The number of para-hydroxylation sites is 2. The van der Waals surface area contributed by atoms with Crippen LogP contribution in [0.15, 0.2) is 56.6 Å². The molecule has 0 bridgehead atoms. The van der Waals surface area contributed by atoms with E-state index in [4.69, 9.17) is 4.42 Å². The van der Waals surface area contributed by atoms with Crippen molar-refractivity contribution in [3.05, 3.63) is 58.8 Å². The van der Waals surface area contributed by atoms with Gasteiger partial charge >= 0.3 is 5.76 Å². The van der Waals surface area contributed by atoms with Crippen LogP contribution in [0.5, 0.6) is 0 Å². The summed E-state index contributed by atoms with van der Waals surface area (Å²) < 4.78 is 32.8. The van der Waals surface area contributed by atoms with E-state index in [1.54, 1.807) is 6.07 Å². The highest BCUT2D eigenvalue weighted by molar-refractivity contribution is 7.89. The lowest BCUT2D eigenvalue weighted by Crippen LogP contribution is -2.39. The summed E-state index contributed by atoms with van der Waals surface area (Å²) in [5.74, 6) is 0.213. The second kappa shape index (κ2) is 6.32. The van der Waals surface area contributed by atoms with Crippen molar-refractivity contribution in [3.8, 4) is 0 Å². The first-order valence-corrected chi connectivity index (χ1v) is 10.5. The first kappa shape index (κ1) is 17.2. The molecule has 0 aliphatic carbocycles. The number of aromatic amines is 2. The maximum atomic E-state index is 13.2. The minimum Gasteiger partial charge on any atom is -0.408 e.